The maximum atomic E-state index is 13.0. The molecular weight excluding hydrogens is 519 g/mol. The highest BCUT2D eigenvalue weighted by atomic mass is 79.9. The molecule has 1 amide bonds. The first kappa shape index (κ1) is 23.4. The third-order valence-electron chi connectivity index (χ3n) is 5.12. The number of hydrogen-bond donors (Lipinski definition) is 2. The molecule has 1 saturated heterocycles. The first-order valence-corrected chi connectivity index (χ1v) is 10.6. The van der Waals surface area contributed by atoms with Crippen molar-refractivity contribution in [3.8, 4) is 11.5 Å². The molecule has 0 radical (unpaired) electrons. The fourth-order valence-corrected chi connectivity index (χ4v) is 3.91. The van der Waals surface area contributed by atoms with Crippen LogP contribution in [0.5, 0.6) is 11.5 Å². The first-order valence-electron chi connectivity index (χ1n) is 9.77. The fraction of sp³-hybridized carbons (Fsp3) is 0.0833. The van der Waals surface area contributed by atoms with E-state index in [2.05, 4.69) is 20.7 Å². The summed E-state index contributed by atoms with van der Waals surface area (Å²) in [6, 6.07) is 15.5. The number of ether oxygens (including phenoxy) is 1. The highest BCUT2D eigenvalue weighted by Crippen LogP contribution is 2.43. The Bertz CT molecular complexity index is 1270. The molecule has 3 aromatic carbocycles. The lowest BCUT2D eigenvalue weighted by Crippen LogP contribution is -2.29. The number of ketones is 1. The first-order chi connectivity index (χ1) is 16.0. The van der Waals surface area contributed by atoms with Gasteiger partial charge in [-0.05, 0) is 54.1 Å². The van der Waals surface area contributed by atoms with Crippen LogP contribution in [-0.4, -0.2) is 28.3 Å². The lowest BCUT2D eigenvalue weighted by molar-refractivity contribution is -0.274. The number of nitrogens with zero attached hydrogens (tertiary/aromatic N) is 1. The van der Waals surface area contributed by atoms with Crippen LogP contribution < -0.4 is 9.64 Å². The standard InChI is InChI=1S/C24H15BrF3NO5/c25-15-5-1-14(2-6-15)21(31)19-20(13-3-9-17(30)10-4-13)29(23(33)22(19)32)16-7-11-18(12-8-16)34-24(26,27)28/h1-12,20,30-31H/b21-19+. The van der Waals surface area contributed by atoms with Crippen LogP contribution in [0.2, 0.25) is 0 Å². The highest BCUT2D eigenvalue weighted by molar-refractivity contribution is 9.10. The SMILES string of the molecule is O=C1C(=O)N(c2ccc(OC(F)(F)F)cc2)C(c2ccc(O)cc2)/C1=C(\O)c1ccc(Br)cc1. The largest absolute Gasteiger partial charge is 0.573 e. The van der Waals surface area contributed by atoms with E-state index in [0.717, 1.165) is 21.5 Å². The topological polar surface area (TPSA) is 87.1 Å². The zero-order valence-corrected chi connectivity index (χ0v) is 18.7. The van der Waals surface area contributed by atoms with Crippen LogP contribution in [0.15, 0.2) is 82.8 Å². The lowest BCUT2D eigenvalue weighted by atomic mass is 9.95. The Hall–Kier alpha value is -3.79. The minimum absolute atomic E-state index is 0.0535. The average Bonchev–Trinajstić information content (AvgIpc) is 3.04. The van der Waals surface area contributed by atoms with Gasteiger partial charge in [0.2, 0.25) is 0 Å². The number of carbonyl (C=O) groups excluding carboxylic acids is 2. The van der Waals surface area contributed by atoms with Crippen molar-refractivity contribution in [1.29, 1.82) is 0 Å². The maximum Gasteiger partial charge on any atom is 0.573 e. The number of benzene rings is 3. The van der Waals surface area contributed by atoms with Gasteiger partial charge >= 0.3 is 6.36 Å². The zero-order valence-electron chi connectivity index (χ0n) is 17.1. The van der Waals surface area contributed by atoms with Crippen molar-refractivity contribution in [2.45, 2.75) is 12.4 Å². The summed E-state index contributed by atoms with van der Waals surface area (Å²) in [4.78, 5) is 27.1. The Kier molecular flexibility index (Phi) is 6.09. The number of anilines is 1. The molecule has 4 rings (SSSR count). The summed E-state index contributed by atoms with van der Waals surface area (Å²) in [6.07, 6.45) is -4.89. The fourth-order valence-electron chi connectivity index (χ4n) is 3.64. The van der Waals surface area contributed by atoms with Gasteiger partial charge in [-0.2, -0.15) is 0 Å². The number of aliphatic hydroxyl groups excluding tert-OH is 1. The van der Waals surface area contributed by atoms with Crippen molar-refractivity contribution in [1.82, 2.24) is 0 Å². The third-order valence-corrected chi connectivity index (χ3v) is 5.65. The number of alkyl halides is 3. The minimum atomic E-state index is -4.89. The van der Waals surface area contributed by atoms with Crippen molar-refractivity contribution in [3.63, 3.8) is 0 Å². The Morgan fingerprint density at radius 1 is 0.912 bits per heavy atom. The quantitative estimate of drug-likeness (QED) is 0.256. The van der Waals surface area contributed by atoms with Crippen LogP contribution in [0.3, 0.4) is 0 Å². The van der Waals surface area contributed by atoms with Crippen molar-refractivity contribution in [3.05, 3.63) is 94.0 Å². The van der Waals surface area contributed by atoms with Crippen molar-refractivity contribution in [2.24, 2.45) is 0 Å². The number of amides is 1. The van der Waals surface area contributed by atoms with Crippen LogP contribution in [-0.2, 0) is 9.59 Å². The molecule has 0 aromatic heterocycles. The lowest BCUT2D eigenvalue weighted by Gasteiger charge is -2.25. The third kappa shape index (κ3) is 4.62. The van der Waals surface area contributed by atoms with Crippen LogP contribution in [0.4, 0.5) is 18.9 Å². The molecule has 1 atom stereocenters. The predicted molar refractivity (Wildman–Crippen MR) is 120 cm³/mol. The predicted octanol–water partition coefficient (Wildman–Crippen LogP) is 5.68. The summed E-state index contributed by atoms with van der Waals surface area (Å²) in [5, 5.41) is 20.7. The van der Waals surface area contributed by atoms with E-state index in [1.54, 1.807) is 24.3 Å². The van der Waals surface area contributed by atoms with Gasteiger partial charge in [0.05, 0.1) is 11.6 Å². The number of hydrogen-bond acceptors (Lipinski definition) is 5. The van der Waals surface area contributed by atoms with Gasteiger partial charge in [0.1, 0.15) is 17.3 Å². The molecule has 0 aliphatic carbocycles. The number of halogens is 4. The number of rotatable bonds is 4. The van der Waals surface area contributed by atoms with E-state index < -0.39 is 35.6 Å². The van der Waals surface area contributed by atoms with Gasteiger partial charge in [-0.1, -0.05) is 40.2 Å². The number of carbonyl (C=O) groups is 2. The Labute approximate surface area is 199 Å². The van der Waals surface area contributed by atoms with Crippen LogP contribution in [0.25, 0.3) is 5.76 Å². The number of Topliss-reactive ketones (excluding diaryl/α,β-unsaturated/α-hetero) is 1. The molecule has 0 saturated carbocycles. The zero-order chi connectivity index (χ0) is 24.6. The second-order valence-electron chi connectivity index (χ2n) is 7.31. The number of phenolic OH excluding ortho intramolecular Hbond substituents is 1. The van der Waals surface area contributed by atoms with Gasteiger partial charge in [-0.15, -0.1) is 13.2 Å². The van der Waals surface area contributed by atoms with E-state index in [4.69, 9.17) is 0 Å². The number of aromatic hydroxyl groups is 1. The second-order valence-corrected chi connectivity index (χ2v) is 8.22. The maximum absolute atomic E-state index is 13.0. The minimum Gasteiger partial charge on any atom is -0.508 e. The molecule has 0 spiro atoms. The summed E-state index contributed by atoms with van der Waals surface area (Å²) >= 11 is 3.29. The number of phenols is 1. The van der Waals surface area contributed by atoms with E-state index >= 15 is 0 Å². The molecule has 174 valence electrons. The van der Waals surface area contributed by atoms with Gasteiger partial charge in [0.25, 0.3) is 11.7 Å². The van der Waals surface area contributed by atoms with Crippen molar-refractivity contribution < 1.29 is 37.7 Å². The summed E-state index contributed by atoms with van der Waals surface area (Å²) < 4.78 is 42.1. The normalized spacial score (nSPS) is 17.8. The Morgan fingerprint density at radius 3 is 2.06 bits per heavy atom. The van der Waals surface area contributed by atoms with Gasteiger partial charge < -0.3 is 14.9 Å². The van der Waals surface area contributed by atoms with Gasteiger partial charge in [-0.25, -0.2) is 0 Å². The van der Waals surface area contributed by atoms with Gasteiger partial charge in [-0.3, -0.25) is 14.5 Å². The molecule has 34 heavy (non-hydrogen) atoms. The van der Waals surface area contributed by atoms with Crippen LogP contribution >= 0.6 is 15.9 Å². The monoisotopic (exact) mass is 533 g/mol. The second kappa shape index (κ2) is 8.86. The molecule has 6 nitrogen and oxygen atoms in total. The van der Waals surface area contributed by atoms with Crippen LogP contribution in [0, 0.1) is 0 Å². The van der Waals surface area contributed by atoms with E-state index in [9.17, 15) is 33.0 Å². The summed E-state index contributed by atoms with van der Waals surface area (Å²) in [7, 11) is 0. The summed E-state index contributed by atoms with van der Waals surface area (Å²) in [5.74, 6) is -2.90. The molecule has 1 heterocycles. The molecule has 1 aliphatic rings. The van der Waals surface area contributed by atoms with Crippen molar-refractivity contribution >= 4 is 39.1 Å². The van der Waals surface area contributed by atoms with Crippen LogP contribution in [0.1, 0.15) is 17.2 Å². The molecule has 3 aromatic rings. The van der Waals surface area contributed by atoms with Gasteiger partial charge in [0, 0.05) is 15.7 Å². The number of aliphatic hydroxyl groups is 1. The molecule has 10 heteroatoms. The summed E-state index contributed by atoms with van der Waals surface area (Å²) in [5.41, 5.74) is 0.600. The van der Waals surface area contributed by atoms with E-state index in [1.807, 2.05) is 0 Å². The molecule has 2 N–H and O–H groups in total. The summed E-state index contributed by atoms with van der Waals surface area (Å²) in [6.45, 7) is 0. The molecular formula is C24H15BrF3NO5. The molecule has 0 bridgehead atoms. The average molecular weight is 534 g/mol. The molecule has 1 aliphatic heterocycles. The Morgan fingerprint density at radius 2 is 1.50 bits per heavy atom. The molecule has 1 unspecified atom stereocenters. The van der Waals surface area contributed by atoms with E-state index in [1.165, 1.54) is 36.4 Å². The highest BCUT2D eigenvalue weighted by Gasteiger charge is 2.47. The van der Waals surface area contributed by atoms with Crippen molar-refractivity contribution in [2.75, 3.05) is 4.90 Å². The van der Waals surface area contributed by atoms with E-state index in [0.29, 0.717) is 11.1 Å². The molecule has 1 fully saturated rings. The Balaban J connectivity index is 1.84. The van der Waals surface area contributed by atoms with E-state index in [-0.39, 0.29) is 17.0 Å². The van der Waals surface area contributed by atoms with Gasteiger partial charge in [0.15, 0.2) is 0 Å². The smallest absolute Gasteiger partial charge is 0.508 e.